The van der Waals surface area contributed by atoms with Crippen molar-refractivity contribution in [3.05, 3.63) is 71.3 Å². The van der Waals surface area contributed by atoms with Gasteiger partial charge in [-0.15, -0.1) is 0 Å². The Morgan fingerprint density at radius 2 is 2.03 bits per heavy atom. The van der Waals surface area contributed by atoms with Gasteiger partial charge in [0.05, 0.1) is 11.4 Å². The molecule has 5 rings (SSSR count). The molecule has 1 aliphatic heterocycles. The number of nitrogens with zero attached hydrogens (tertiary/aromatic N) is 3. The summed E-state index contributed by atoms with van der Waals surface area (Å²) in [5.74, 6) is 0.562. The molecule has 1 aliphatic rings. The number of hydrogen-bond acceptors (Lipinski definition) is 4. The Labute approximate surface area is 175 Å². The molecule has 152 valence electrons. The van der Waals surface area contributed by atoms with Gasteiger partial charge < -0.3 is 10.3 Å². The molecule has 5 heterocycles. The van der Waals surface area contributed by atoms with Crippen LogP contribution in [0.4, 0.5) is 0 Å². The molecular formula is C24H26N6. The third kappa shape index (κ3) is 3.33. The Morgan fingerprint density at radius 1 is 1.17 bits per heavy atom. The molecule has 0 atom stereocenters. The molecule has 0 unspecified atom stereocenters. The number of H-pyrrole nitrogens is 2. The summed E-state index contributed by atoms with van der Waals surface area (Å²) in [5, 5.41) is 12.2. The van der Waals surface area contributed by atoms with Crippen molar-refractivity contribution in [2.45, 2.75) is 32.6 Å². The highest BCUT2D eigenvalue weighted by atomic mass is 15.2. The molecule has 0 bridgehead atoms. The molecule has 3 N–H and O–H groups in total. The number of pyridine rings is 2. The maximum Gasteiger partial charge on any atom is 0.181 e. The number of aryl methyl sites for hydroxylation is 1. The predicted molar refractivity (Wildman–Crippen MR) is 120 cm³/mol. The number of aromatic nitrogens is 5. The lowest BCUT2D eigenvalue weighted by Gasteiger charge is -2.22. The van der Waals surface area contributed by atoms with Gasteiger partial charge in [0.25, 0.3) is 0 Å². The van der Waals surface area contributed by atoms with E-state index in [4.69, 9.17) is 0 Å². The van der Waals surface area contributed by atoms with E-state index in [2.05, 4.69) is 68.6 Å². The van der Waals surface area contributed by atoms with Crippen LogP contribution in [0.3, 0.4) is 0 Å². The third-order valence-corrected chi connectivity index (χ3v) is 6.08. The molecule has 1 saturated heterocycles. The van der Waals surface area contributed by atoms with E-state index in [-0.39, 0.29) is 0 Å². The van der Waals surface area contributed by atoms with Crippen LogP contribution in [0.2, 0.25) is 0 Å². The molecule has 4 aromatic rings. The zero-order chi connectivity index (χ0) is 20.5. The summed E-state index contributed by atoms with van der Waals surface area (Å²) in [7, 11) is 0. The van der Waals surface area contributed by atoms with E-state index >= 15 is 0 Å². The fourth-order valence-corrected chi connectivity index (χ4v) is 4.47. The first kappa shape index (κ1) is 18.8. The number of piperidine rings is 1. The molecule has 1 fully saturated rings. The number of hydrogen-bond donors (Lipinski definition) is 3. The number of fused-ring (bicyclic) bond motifs is 1. The summed E-state index contributed by atoms with van der Waals surface area (Å²) < 4.78 is 0. The second-order valence-corrected chi connectivity index (χ2v) is 7.93. The third-order valence-electron chi connectivity index (χ3n) is 6.08. The van der Waals surface area contributed by atoms with Crippen LogP contribution in [0, 0.1) is 6.92 Å². The summed E-state index contributed by atoms with van der Waals surface area (Å²) in [5.41, 5.74) is 8.65. The topological polar surface area (TPSA) is 82.3 Å². The van der Waals surface area contributed by atoms with Crippen LogP contribution >= 0.6 is 0 Å². The van der Waals surface area contributed by atoms with E-state index in [0.717, 1.165) is 59.6 Å². The molecule has 0 spiro atoms. The lowest BCUT2D eigenvalue weighted by Crippen LogP contribution is -2.26. The molecule has 0 radical (unpaired) electrons. The van der Waals surface area contributed by atoms with Gasteiger partial charge in [0.2, 0.25) is 0 Å². The smallest absolute Gasteiger partial charge is 0.181 e. The van der Waals surface area contributed by atoms with Crippen LogP contribution in [0.25, 0.3) is 28.0 Å². The maximum absolute atomic E-state index is 4.63. The van der Waals surface area contributed by atoms with Crippen molar-refractivity contribution in [3.63, 3.8) is 0 Å². The Balaban J connectivity index is 1.55. The summed E-state index contributed by atoms with van der Waals surface area (Å²) in [6, 6.07) is 8.53. The molecule has 30 heavy (non-hydrogen) atoms. The highest BCUT2D eigenvalue weighted by Crippen LogP contribution is 2.34. The first-order valence-corrected chi connectivity index (χ1v) is 10.6. The van der Waals surface area contributed by atoms with Gasteiger partial charge in [-0.25, -0.2) is 4.98 Å². The van der Waals surface area contributed by atoms with E-state index in [9.17, 15) is 0 Å². The zero-order valence-corrected chi connectivity index (χ0v) is 17.4. The lowest BCUT2D eigenvalue weighted by atomic mass is 9.91. The average Bonchev–Trinajstić information content (AvgIpc) is 3.39. The number of rotatable bonds is 4. The minimum Gasteiger partial charge on any atom is -0.357 e. The number of nitrogens with one attached hydrogen (secondary N) is 3. The van der Waals surface area contributed by atoms with Crippen molar-refractivity contribution in [1.29, 1.82) is 0 Å². The van der Waals surface area contributed by atoms with Gasteiger partial charge in [-0.05, 0) is 75.0 Å². The highest BCUT2D eigenvalue weighted by molar-refractivity contribution is 5.92. The first-order chi connectivity index (χ1) is 14.7. The Bertz CT molecular complexity index is 1200. The molecule has 4 aromatic heterocycles. The summed E-state index contributed by atoms with van der Waals surface area (Å²) in [6.45, 7) is 6.31. The van der Waals surface area contributed by atoms with Gasteiger partial charge in [0.15, 0.2) is 5.65 Å². The van der Waals surface area contributed by atoms with Crippen LogP contribution < -0.4 is 5.32 Å². The predicted octanol–water partition coefficient (Wildman–Crippen LogP) is 4.58. The van der Waals surface area contributed by atoms with E-state index in [0.29, 0.717) is 5.92 Å². The second kappa shape index (κ2) is 7.88. The van der Waals surface area contributed by atoms with E-state index in [1.165, 1.54) is 16.7 Å². The van der Waals surface area contributed by atoms with Gasteiger partial charge >= 0.3 is 0 Å². The Morgan fingerprint density at radius 3 is 2.80 bits per heavy atom. The van der Waals surface area contributed by atoms with Gasteiger partial charge in [-0.2, -0.15) is 5.10 Å². The Kier molecular flexibility index (Phi) is 4.93. The number of allylic oxidation sites excluding steroid dienone is 1. The minimum absolute atomic E-state index is 0.562. The largest absolute Gasteiger partial charge is 0.357 e. The number of aromatic amines is 2. The van der Waals surface area contributed by atoms with Crippen LogP contribution in [0.1, 0.15) is 48.1 Å². The maximum atomic E-state index is 4.63. The average molecular weight is 399 g/mol. The van der Waals surface area contributed by atoms with Crippen LogP contribution in [-0.4, -0.2) is 38.2 Å². The SMILES string of the molecule is C/C=C(/c1cccnc1)c1cc(-c2[nH]nc3ncc(C4CCNCC4)cc23)[nH]c1C. The molecule has 0 saturated carbocycles. The standard InChI is InChI=1S/C24H26N6/c1-3-19(17-5-4-8-26-13-17)20-12-22(28-15(20)2)23-21-11-18(14-27-24(21)30-29-23)16-6-9-25-10-7-16/h3-5,8,11-14,16,25,28H,6-7,9-10H2,1-2H3,(H,27,29,30)/b19-3-. The van der Waals surface area contributed by atoms with Crippen LogP contribution in [-0.2, 0) is 0 Å². The molecule has 6 heteroatoms. The van der Waals surface area contributed by atoms with E-state index in [1.807, 2.05) is 18.5 Å². The fraction of sp³-hybridized carbons (Fsp3) is 0.292. The van der Waals surface area contributed by atoms with Gasteiger partial charge in [-0.3, -0.25) is 10.1 Å². The van der Waals surface area contributed by atoms with Crippen LogP contribution in [0.5, 0.6) is 0 Å². The normalized spacial score (nSPS) is 15.7. The van der Waals surface area contributed by atoms with Crippen molar-refractivity contribution >= 4 is 16.6 Å². The van der Waals surface area contributed by atoms with Crippen molar-refractivity contribution in [1.82, 2.24) is 30.5 Å². The van der Waals surface area contributed by atoms with Crippen molar-refractivity contribution in [2.24, 2.45) is 0 Å². The van der Waals surface area contributed by atoms with Crippen molar-refractivity contribution < 1.29 is 0 Å². The fourth-order valence-electron chi connectivity index (χ4n) is 4.47. The van der Waals surface area contributed by atoms with E-state index < -0.39 is 0 Å². The zero-order valence-electron chi connectivity index (χ0n) is 17.4. The molecule has 0 amide bonds. The monoisotopic (exact) mass is 398 g/mol. The molecule has 6 nitrogen and oxygen atoms in total. The second-order valence-electron chi connectivity index (χ2n) is 7.93. The van der Waals surface area contributed by atoms with Gasteiger partial charge in [-0.1, -0.05) is 12.1 Å². The molecule has 0 aromatic carbocycles. The summed E-state index contributed by atoms with van der Waals surface area (Å²) >= 11 is 0. The lowest BCUT2D eigenvalue weighted by molar-refractivity contribution is 0.460. The Hall–Kier alpha value is -3.25. The minimum atomic E-state index is 0.562. The summed E-state index contributed by atoms with van der Waals surface area (Å²) in [4.78, 5) is 12.5. The van der Waals surface area contributed by atoms with Crippen LogP contribution in [0.15, 0.2) is 48.9 Å². The van der Waals surface area contributed by atoms with E-state index in [1.54, 1.807) is 6.20 Å². The van der Waals surface area contributed by atoms with Crippen molar-refractivity contribution in [2.75, 3.05) is 13.1 Å². The van der Waals surface area contributed by atoms with Crippen molar-refractivity contribution in [3.8, 4) is 11.4 Å². The summed E-state index contributed by atoms with van der Waals surface area (Å²) in [6.07, 6.45) is 10.1. The first-order valence-electron chi connectivity index (χ1n) is 10.6. The molecular weight excluding hydrogens is 372 g/mol. The van der Waals surface area contributed by atoms with Gasteiger partial charge in [0.1, 0.15) is 0 Å². The quantitative estimate of drug-likeness (QED) is 0.470. The highest BCUT2D eigenvalue weighted by Gasteiger charge is 2.19. The molecule has 0 aliphatic carbocycles. The van der Waals surface area contributed by atoms with Gasteiger partial charge in [0, 0.05) is 40.8 Å².